The smallest absolute Gasteiger partial charge is 0.341 e. The van der Waals surface area contributed by atoms with Crippen molar-refractivity contribution in [3.8, 4) is 0 Å². The molecule has 1 unspecified atom stereocenters. The third kappa shape index (κ3) is 4.53. The number of anilines is 1. The number of amides is 2. The molecule has 0 saturated carbocycles. The Labute approximate surface area is 182 Å². The van der Waals surface area contributed by atoms with Gasteiger partial charge in [-0.15, -0.1) is 22.7 Å². The SMILES string of the molecule is CCOC(=O)c1c(NC(=O)CNC(C)c2csc3ccccc23)sc(C(N)=O)c1C. The Morgan fingerprint density at radius 3 is 2.67 bits per heavy atom. The van der Waals surface area contributed by atoms with Crippen LogP contribution < -0.4 is 16.4 Å². The van der Waals surface area contributed by atoms with Gasteiger partial charge in [0.2, 0.25) is 5.91 Å². The molecular weight excluding hydrogens is 422 g/mol. The maximum Gasteiger partial charge on any atom is 0.341 e. The Morgan fingerprint density at radius 1 is 1.23 bits per heavy atom. The van der Waals surface area contributed by atoms with Gasteiger partial charge in [-0.1, -0.05) is 18.2 Å². The average Bonchev–Trinajstić information content (AvgIpc) is 3.27. The fourth-order valence-corrected chi connectivity index (χ4v) is 5.26. The maximum absolute atomic E-state index is 12.5. The van der Waals surface area contributed by atoms with Crippen molar-refractivity contribution in [1.29, 1.82) is 0 Å². The first-order valence-electron chi connectivity index (χ1n) is 9.43. The molecule has 158 valence electrons. The lowest BCUT2D eigenvalue weighted by Gasteiger charge is -2.13. The topological polar surface area (TPSA) is 111 Å². The second-order valence-corrected chi connectivity index (χ2v) is 8.61. The lowest BCUT2D eigenvalue weighted by molar-refractivity contribution is -0.115. The fourth-order valence-electron chi connectivity index (χ4n) is 3.15. The normalized spacial score (nSPS) is 12.0. The Morgan fingerprint density at radius 2 is 1.97 bits per heavy atom. The number of thiophene rings is 2. The molecule has 30 heavy (non-hydrogen) atoms. The molecule has 1 atom stereocenters. The van der Waals surface area contributed by atoms with Crippen LogP contribution in [0.2, 0.25) is 0 Å². The number of esters is 1. The molecule has 0 spiro atoms. The van der Waals surface area contributed by atoms with Crippen LogP contribution >= 0.6 is 22.7 Å². The molecule has 0 fully saturated rings. The van der Waals surface area contributed by atoms with Crippen molar-refractivity contribution < 1.29 is 19.1 Å². The molecule has 3 rings (SSSR count). The number of carbonyl (C=O) groups is 3. The first-order valence-corrected chi connectivity index (χ1v) is 11.1. The number of hydrogen-bond acceptors (Lipinski definition) is 7. The van der Waals surface area contributed by atoms with Crippen molar-refractivity contribution in [2.75, 3.05) is 18.5 Å². The molecular formula is C21H23N3O4S2. The van der Waals surface area contributed by atoms with Gasteiger partial charge in [0.05, 0.1) is 23.6 Å². The molecule has 2 aromatic heterocycles. The summed E-state index contributed by atoms with van der Waals surface area (Å²) in [6.07, 6.45) is 0. The van der Waals surface area contributed by atoms with E-state index in [0.717, 1.165) is 22.3 Å². The zero-order chi connectivity index (χ0) is 21.8. The molecule has 2 heterocycles. The highest BCUT2D eigenvalue weighted by molar-refractivity contribution is 7.18. The molecule has 7 nitrogen and oxygen atoms in total. The Bertz CT molecular complexity index is 1100. The molecule has 4 N–H and O–H groups in total. The molecule has 0 radical (unpaired) electrons. The highest BCUT2D eigenvalue weighted by atomic mass is 32.1. The minimum atomic E-state index is -0.653. The van der Waals surface area contributed by atoms with Gasteiger partial charge in [-0.3, -0.25) is 9.59 Å². The number of ether oxygens (including phenoxy) is 1. The zero-order valence-corrected chi connectivity index (χ0v) is 18.5. The second-order valence-electron chi connectivity index (χ2n) is 6.68. The summed E-state index contributed by atoms with van der Waals surface area (Å²) in [5, 5.41) is 9.43. The van der Waals surface area contributed by atoms with E-state index in [2.05, 4.69) is 28.1 Å². The maximum atomic E-state index is 12.5. The van der Waals surface area contributed by atoms with Crippen LogP contribution in [0.5, 0.6) is 0 Å². The van der Waals surface area contributed by atoms with Crippen LogP contribution in [-0.4, -0.2) is 30.9 Å². The van der Waals surface area contributed by atoms with Gasteiger partial charge in [-0.25, -0.2) is 4.79 Å². The van der Waals surface area contributed by atoms with E-state index >= 15 is 0 Å². The third-order valence-electron chi connectivity index (χ3n) is 4.65. The molecule has 0 saturated heterocycles. The van der Waals surface area contributed by atoms with Gasteiger partial charge in [-0.05, 0) is 48.7 Å². The van der Waals surface area contributed by atoms with Crippen LogP contribution in [0.3, 0.4) is 0 Å². The van der Waals surface area contributed by atoms with E-state index < -0.39 is 11.9 Å². The molecule has 9 heteroatoms. The van der Waals surface area contributed by atoms with Crippen LogP contribution in [0.15, 0.2) is 29.6 Å². The van der Waals surface area contributed by atoms with Gasteiger partial charge in [0, 0.05) is 10.7 Å². The van der Waals surface area contributed by atoms with Crippen molar-refractivity contribution >= 4 is 55.5 Å². The van der Waals surface area contributed by atoms with Gasteiger partial charge in [0.1, 0.15) is 5.00 Å². The van der Waals surface area contributed by atoms with E-state index in [1.165, 1.54) is 4.70 Å². The van der Waals surface area contributed by atoms with Gasteiger partial charge in [0.25, 0.3) is 5.91 Å². The molecule has 2 amide bonds. The minimum absolute atomic E-state index is 0.0382. The average molecular weight is 446 g/mol. The monoisotopic (exact) mass is 445 g/mol. The predicted molar refractivity (Wildman–Crippen MR) is 120 cm³/mol. The zero-order valence-electron chi connectivity index (χ0n) is 16.9. The van der Waals surface area contributed by atoms with Crippen molar-refractivity contribution in [1.82, 2.24) is 5.32 Å². The molecule has 0 aliphatic heterocycles. The quantitative estimate of drug-likeness (QED) is 0.456. The summed E-state index contributed by atoms with van der Waals surface area (Å²) in [6.45, 7) is 5.51. The molecule has 0 aliphatic carbocycles. The highest BCUT2D eigenvalue weighted by Crippen LogP contribution is 2.34. The van der Waals surface area contributed by atoms with E-state index in [1.54, 1.807) is 25.2 Å². The molecule has 3 aromatic rings. The first-order chi connectivity index (χ1) is 14.3. The van der Waals surface area contributed by atoms with Gasteiger partial charge >= 0.3 is 5.97 Å². The van der Waals surface area contributed by atoms with E-state index in [0.29, 0.717) is 5.56 Å². The predicted octanol–water partition coefficient (Wildman–Crippen LogP) is 3.84. The van der Waals surface area contributed by atoms with Gasteiger partial charge in [0.15, 0.2) is 0 Å². The second kappa shape index (κ2) is 9.38. The van der Waals surface area contributed by atoms with E-state index in [1.807, 2.05) is 19.1 Å². The number of rotatable bonds is 8. The number of hydrogen-bond donors (Lipinski definition) is 3. The number of nitrogens with one attached hydrogen (secondary N) is 2. The summed E-state index contributed by atoms with van der Waals surface area (Å²) in [4.78, 5) is 36.7. The van der Waals surface area contributed by atoms with Crippen molar-refractivity contribution in [3.63, 3.8) is 0 Å². The summed E-state index contributed by atoms with van der Waals surface area (Å²) in [7, 11) is 0. The van der Waals surface area contributed by atoms with E-state index in [-0.39, 0.29) is 40.5 Å². The van der Waals surface area contributed by atoms with E-state index in [9.17, 15) is 14.4 Å². The standard InChI is InChI=1S/C21H23N3O4S2/c1-4-28-21(27)17-11(2)18(19(22)26)30-20(17)24-16(25)9-23-12(3)14-10-29-15-8-6-5-7-13(14)15/h5-8,10,12,23H,4,9H2,1-3H3,(H2,22,26)(H,24,25). The lowest BCUT2D eigenvalue weighted by Crippen LogP contribution is -2.30. The van der Waals surface area contributed by atoms with Crippen LogP contribution in [0.4, 0.5) is 5.00 Å². The largest absolute Gasteiger partial charge is 0.462 e. The third-order valence-corrected chi connectivity index (χ3v) is 6.85. The summed E-state index contributed by atoms with van der Waals surface area (Å²) in [6, 6.07) is 8.07. The molecule has 1 aromatic carbocycles. The first kappa shape index (κ1) is 21.9. The van der Waals surface area contributed by atoms with E-state index in [4.69, 9.17) is 10.5 Å². The van der Waals surface area contributed by atoms with Gasteiger partial charge < -0.3 is 21.1 Å². The Balaban J connectivity index is 1.72. The lowest BCUT2D eigenvalue weighted by atomic mass is 10.1. The summed E-state index contributed by atoms with van der Waals surface area (Å²) >= 11 is 2.64. The van der Waals surface area contributed by atoms with Crippen LogP contribution in [0, 0.1) is 6.92 Å². The fraction of sp³-hybridized carbons (Fsp3) is 0.286. The van der Waals surface area contributed by atoms with Crippen LogP contribution in [-0.2, 0) is 9.53 Å². The Kier molecular flexibility index (Phi) is 6.86. The summed E-state index contributed by atoms with van der Waals surface area (Å²) < 4.78 is 6.25. The van der Waals surface area contributed by atoms with Crippen molar-refractivity contribution in [3.05, 3.63) is 51.2 Å². The number of carbonyl (C=O) groups excluding carboxylic acids is 3. The number of fused-ring (bicyclic) bond motifs is 1. The molecule has 0 bridgehead atoms. The van der Waals surface area contributed by atoms with Crippen molar-refractivity contribution in [2.24, 2.45) is 5.73 Å². The number of primary amides is 1. The van der Waals surface area contributed by atoms with Gasteiger partial charge in [-0.2, -0.15) is 0 Å². The highest BCUT2D eigenvalue weighted by Gasteiger charge is 2.25. The summed E-state index contributed by atoms with van der Waals surface area (Å²) in [5.41, 5.74) is 7.10. The van der Waals surface area contributed by atoms with Crippen LogP contribution in [0.1, 0.15) is 51.0 Å². The Hall–Kier alpha value is -2.75. The summed E-state index contributed by atoms with van der Waals surface area (Å²) in [5.74, 6) is -1.58. The minimum Gasteiger partial charge on any atom is -0.462 e. The number of nitrogens with two attached hydrogens (primary N) is 1. The van der Waals surface area contributed by atoms with Crippen molar-refractivity contribution in [2.45, 2.75) is 26.8 Å². The van der Waals surface area contributed by atoms with Crippen LogP contribution in [0.25, 0.3) is 10.1 Å². The molecule has 0 aliphatic rings. The number of benzene rings is 1.